The van der Waals surface area contributed by atoms with E-state index in [0.717, 1.165) is 50.0 Å². The third-order valence-electron chi connectivity index (χ3n) is 5.83. The van der Waals surface area contributed by atoms with Gasteiger partial charge < -0.3 is 15.0 Å². The van der Waals surface area contributed by atoms with Crippen LogP contribution < -0.4 is 10.2 Å². The van der Waals surface area contributed by atoms with Crippen molar-refractivity contribution < 1.29 is 17.9 Å². The summed E-state index contributed by atoms with van der Waals surface area (Å²) in [7, 11) is 1.98. The average Bonchev–Trinajstić information content (AvgIpc) is 2.74. The highest BCUT2D eigenvalue weighted by Crippen LogP contribution is 2.36. The molecule has 4 rings (SSSR count). The highest BCUT2D eigenvalue weighted by molar-refractivity contribution is 5.78. The summed E-state index contributed by atoms with van der Waals surface area (Å²) in [6.45, 7) is 4.03. The second kappa shape index (κ2) is 8.63. The zero-order chi connectivity index (χ0) is 21.3. The summed E-state index contributed by atoms with van der Waals surface area (Å²) in [6, 6.07) is 3.53. The van der Waals surface area contributed by atoms with E-state index in [1.807, 2.05) is 7.05 Å². The number of nitrogens with zero attached hydrogens (tertiary/aromatic N) is 3. The molecule has 1 N–H and O–H groups in total. The van der Waals surface area contributed by atoms with Gasteiger partial charge in [-0.05, 0) is 37.3 Å². The molecule has 2 aliphatic heterocycles. The molecule has 3 heterocycles. The molecule has 1 aromatic carbocycles. The number of benzene rings is 1. The second-order valence-corrected chi connectivity index (χ2v) is 7.84. The minimum Gasteiger partial charge on any atom is -0.381 e. The summed E-state index contributed by atoms with van der Waals surface area (Å²) in [6.07, 6.45) is 2.68. The summed E-state index contributed by atoms with van der Waals surface area (Å²) in [5.41, 5.74) is 1.72. The predicted molar refractivity (Wildman–Crippen MR) is 110 cm³/mol. The van der Waals surface area contributed by atoms with E-state index < -0.39 is 23.8 Å². The quantitative estimate of drug-likeness (QED) is 0.742. The van der Waals surface area contributed by atoms with Crippen LogP contribution in [-0.2, 0) is 4.74 Å². The van der Waals surface area contributed by atoms with E-state index in [4.69, 9.17) is 4.74 Å². The van der Waals surface area contributed by atoms with Crippen LogP contribution in [0.5, 0.6) is 0 Å². The Bertz CT molecular complexity index is 944. The molecule has 30 heavy (non-hydrogen) atoms. The smallest absolute Gasteiger partial charge is 0.266 e. The van der Waals surface area contributed by atoms with Crippen LogP contribution in [-0.4, -0.2) is 36.8 Å². The van der Waals surface area contributed by atoms with Gasteiger partial charge in [-0.15, -0.1) is 0 Å². The van der Waals surface area contributed by atoms with Crippen molar-refractivity contribution in [3.63, 3.8) is 0 Å². The number of fused-ring (bicyclic) bond motifs is 1. The molecule has 8 heteroatoms. The Morgan fingerprint density at radius 2 is 1.90 bits per heavy atom. The first kappa shape index (κ1) is 20.7. The van der Waals surface area contributed by atoms with E-state index in [2.05, 4.69) is 26.3 Å². The molecule has 1 aromatic heterocycles. The molecule has 1 atom stereocenters. The van der Waals surface area contributed by atoms with Crippen molar-refractivity contribution in [1.29, 1.82) is 0 Å². The Labute approximate surface area is 174 Å². The number of hydrogen-bond acceptors (Lipinski definition) is 5. The standard InChI is InChI=1S/C22H25F3N4O/c1-13(16-4-3-5-17(19(16)23)20(24)25)28-21-18-10-15(14-6-8-30-9-7-14)11-29(2)22(18)27-12-26-21/h3-5,10,12-14,20H,6-9,11H2,1-2H3,(H,26,27,28)/t13-/m1/s1. The molecule has 0 amide bonds. The minimum absolute atomic E-state index is 0.179. The van der Waals surface area contributed by atoms with Gasteiger partial charge in [-0.2, -0.15) is 0 Å². The number of aromatic nitrogens is 2. The maximum Gasteiger partial charge on any atom is 0.266 e. The van der Waals surface area contributed by atoms with Crippen molar-refractivity contribution in [2.24, 2.45) is 5.92 Å². The summed E-state index contributed by atoms with van der Waals surface area (Å²) >= 11 is 0. The molecule has 1 fully saturated rings. The Morgan fingerprint density at radius 3 is 2.63 bits per heavy atom. The Balaban J connectivity index is 1.65. The van der Waals surface area contributed by atoms with Crippen molar-refractivity contribution in [1.82, 2.24) is 9.97 Å². The van der Waals surface area contributed by atoms with Gasteiger partial charge in [0.05, 0.1) is 17.2 Å². The van der Waals surface area contributed by atoms with Gasteiger partial charge in [0, 0.05) is 32.4 Å². The summed E-state index contributed by atoms with van der Waals surface area (Å²) < 4.78 is 46.2. The first-order valence-corrected chi connectivity index (χ1v) is 10.1. The van der Waals surface area contributed by atoms with Crippen molar-refractivity contribution in [3.05, 3.63) is 52.6 Å². The Kier molecular flexibility index (Phi) is 5.94. The fraction of sp³-hybridized carbons (Fsp3) is 0.455. The molecule has 0 aliphatic carbocycles. The number of nitrogens with one attached hydrogen (secondary N) is 1. The predicted octanol–water partition coefficient (Wildman–Crippen LogP) is 4.99. The monoisotopic (exact) mass is 418 g/mol. The Hall–Kier alpha value is -2.61. The van der Waals surface area contributed by atoms with Crippen molar-refractivity contribution in [3.8, 4) is 0 Å². The lowest BCUT2D eigenvalue weighted by Crippen LogP contribution is -2.30. The van der Waals surface area contributed by atoms with E-state index in [-0.39, 0.29) is 5.56 Å². The highest BCUT2D eigenvalue weighted by Gasteiger charge is 2.27. The molecular formula is C22H25F3N4O. The third-order valence-corrected chi connectivity index (χ3v) is 5.83. The number of likely N-dealkylation sites (N-methyl/N-ethyl adjacent to an activating group) is 1. The molecule has 1 saturated heterocycles. The van der Waals surface area contributed by atoms with Crippen LogP contribution in [0.25, 0.3) is 6.08 Å². The van der Waals surface area contributed by atoms with E-state index in [0.29, 0.717) is 11.7 Å². The normalized spacial score (nSPS) is 18.2. The molecule has 2 aliphatic rings. The molecule has 2 aromatic rings. The molecule has 0 unspecified atom stereocenters. The second-order valence-electron chi connectivity index (χ2n) is 7.84. The number of halogens is 3. The van der Waals surface area contributed by atoms with E-state index in [1.54, 1.807) is 6.92 Å². The van der Waals surface area contributed by atoms with Crippen LogP contribution in [0.15, 0.2) is 30.1 Å². The molecule has 5 nitrogen and oxygen atoms in total. The van der Waals surface area contributed by atoms with Gasteiger partial charge in [-0.3, -0.25) is 0 Å². The van der Waals surface area contributed by atoms with Crippen LogP contribution in [0.1, 0.15) is 48.9 Å². The molecule has 0 saturated carbocycles. The lowest BCUT2D eigenvalue weighted by molar-refractivity contribution is 0.0756. The van der Waals surface area contributed by atoms with Crippen LogP contribution in [0, 0.1) is 11.7 Å². The molecule has 0 bridgehead atoms. The first-order valence-electron chi connectivity index (χ1n) is 10.1. The lowest BCUT2D eigenvalue weighted by Gasteiger charge is -2.33. The zero-order valence-corrected chi connectivity index (χ0v) is 17.0. The van der Waals surface area contributed by atoms with E-state index in [9.17, 15) is 13.2 Å². The van der Waals surface area contributed by atoms with Crippen LogP contribution in [0.3, 0.4) is 0 Å². The summed E-state index contributed by atoms with van der Waals surface area (Å²) in [4.78, 5) is 10.9. The van der Waals surface area contributed by atoms with Gasteiger partial charge in [0.1, 0.15) is 23.8 Å². The fourth-order valence-electron chi connectivity index (χ4n) is 4.19. The van der Waals surface area contributed by atoms with E-state index in [1.165, 1.54) is 24.0 Å². The number of rotatable bonds is 5. The van der Waals surface area contributed by atoms with Crippen LogP contribution in [0.2, 0.25) is 0 Å². The van der Waals surface area contributed by atoms with Crippen molar-refractivity contribution >= 4 is 17.7 Å². The van der Waals surface area contributed by atoms with Crippen molar-refractivity contribution in [2.75, 3.05) is 37.0 Å². The molecule has 0 spiro atoms. The number of ether oxygens (including phenoxy) is 1. The minimum atomic E-state index is -2.86. The van der Waals surface area contributed by atoms with Crippen LogP contribution in [0.4, 0.5) is 24.8 Å². The van der Waals surface area contributed by atoms with E-state index >= 15 is 0 Å². The molecule has 0 radical (unpaired) electrons. The molecular weight excluding hydrogens is 393 g/mol. The van der Waals surface area contributed by atoms with Gasteiger partial charge in [-0.1, -0.05) is 18.2 Å². The number of anilines is 2. The topological polar surface area (TPSA) is 50.3 Å². The SMILES string of the molecule is C[C@@H](Nc1ncnc2c1C=C(C1CCOCC1)CN2C)c1cccc(C(F)F)c1F. The summed E-state index contributed by atoms with van der Waals surface area (Å²) in [5, 5.41) is 3.21. The fourth-order valence-corrected chi connectivity index (χ4v) is 4.19. The largest absolute Gasteiger partial charge is 0.381 e. The van der Waals surface area contributed by atoms with Crippen LogP contribution >= 0.6 is 0 Å². The maximum absolute atomic E-state index is 14.6. The Morgan fingerprint density at radius 1 is 1.17 bits per heavy atom. The maximum atomic E-state index is 14.6. The highest BCUT2D eigenvalue weighted by atomic mass is 19.3. The van der Waals surface area contributed by atoms with Gasteiger partial charge in [0.2, 0.25) is 0 Å². The average molecular weight is 418 g/mol. The summed E-state index contributed by atoms with van der Waals surface area (Å²) in [5.74, 6) is 0.911. The number of hydrogen-bond donors (Lipinski definition) is 1. The van der Waals surface area contributed by atoms with Crippen molar-refractivity contribution in [2.45, 2.75) is 32.2 Å². The van der Waals surface area contributed by atoms with Gasteiger partial charge >= 0.3 is 0 Å². The van der Waals surface area contributed by atoms with Gasteiger partial charge in [0.25, 0.3) is 6.43 Å². The zero-order valence-electron chi connectivity index (χ0n) is 17.0. The number of alkyl halides is 2. The van der Waals surface area contributed by atoms with Gasteiger partial charge in [-0.25, -0.2) is 23.1 Å². The third kappa shape index (κ3) is 4.01. The lowest BCUT2D eigenvalue weighted by atomic mass is 9.88. The molecule has 160 valence electrons. The van der Waals surface area contributed by atoms with Gasteiger partial charge in [0.15, 0.2) is 0 Å². The first-order chi connectivity index (χ1) is 14.5.